The lowest BCUT2D eigenvalue weighted by molar-refractivity contribution is 0.0453. The zero-order valence-electron chi connectivity index (χ0n) is 8.82. The van der Waals surface area contributed by atoms with E-state index in [9.17, 15) is 4.79 Å². The Labute approximate surface area is 90.3 Å². The molecule has 1 fully saturated rings. The van der Waals surface area contributed by atoms with Gasteiger partial charge in [-0.2, -0.15) is 0 Å². The van der Waals surface area contributed by atoms with Crippen molar-refractivity contribution in [1.29, 1.82) is 0 Å². The van der Waals surface area contributed by atoms with Crippen molar-refractivity contribution in [1.82, 2.24) is 0 Å². The maximum absolute atomic E-state index is 10.8. The van der Waals surface area contributed by atoms with Crippen molar-refractivity contribution in [3.8, 4) is 0 Å². The Morgan fingerprint density at radius 3 is 2.73 bits per heavy atom. The molecule has 0 heterocycles. The van der Waals surface area contributed by atoms with E-state index in [-0.39, 0.29) is 0 Å². The van der Waals surface area contributed by atoms with Gasteiger partial charge in [-0.1, -0.05) is 37.1 Å². The first-order valence-corrected chi connectivity index (χ1v) is 5.55. The van der Waals surface area contributed by atoms with Gasteiger partial charge in [0.15, 0.2) is 0 Å². The van der Waals surface area contributed by atoms with E-state index in [0.29, 0.717) is 12.7 Å². The second-order valence-electron chi connectivity index (χ2n) is 4.03. The van der Waals surface area contributed by atoms with E-state index in [1.165, 1.54) is 25.7 Å². The monoisotopic (exact) mass is 204 g/mol. The van der Waals surface area contributed by atoms with Gasteiger partial charge in [0.25, 0.3) is 0 Å². The lowest BCUT2D eigenvalue weighted by Gasteiger charge is -2.11. The molecule has 0 aromatic heterocycles. The van der Waals surface area contributed by atoms with Crippen molar-refractivity contribution in [3.63, 3.8) is 0 Å². The van der Waals surface area contributed by atoms with Crippen LogP contribution in [0.25, 0.3) is 0 Å². The van der Waals surface area contributed by atoms with Crippen LogP contribution in [0.2, 0.25) is 0 Å². The molecule has 1 aromatic carbocycles. The van der Waals surface area contributed by atoms with Crippen molar-refractivity contribution < 1.29 is 9.53 Å². The van der Waals surface area contributed by atoms with Gasteiger partial charge in [0.1, 0.15) is 6.29 Å². The van der Waals surface area contributed by atoms with Gasteiger partial charge in [0.05, 0.1) is 12.7 Å². The van der Waals surface area contributed by atoms with Crippen LogP contribution in [0.4, 0.5) is 0 Å². The number of hydrogen-bond acceptors (Lipinski definition) is 2. The fraction of sp³-hybridized carbons (Fsp3) is 0.462. The Morgan fingerprint density at radius 2 is 2.00 bits per heavy atom. The molecule has 0 N–H and O–H groups in total. The molecule has 1 aromatic rings. The summed E-state index contributed by atoms with van der Waals surface area (Å²) in [5, 5.41) is 0. The summed E-state index contributed by atoms with van der Waals surface area (Å²) < 4.78 is 5.77. The molecule has 1 saturated carbocycles. The molecule has 15 heavy (non-hydrogen) atoms. The fourth-order valence-corrected chi connectivity index (χ4v) is 2.04. The highest BCUT2D eigenvalue weighted by atomic mass is 16.5. The molecule has 0 radical (unpaired) electrons. The molecule has 0 bridgehead atoms. The molecule has 0 amide bonds. The molecule has 0 aliphatic heterocycles. The molecule has 2 heteroatoms. The highest BCUT2D eigenvalue weighted by molar-refractivity contribution is 5.76. The summed E-state index contributed by atoms with van der Waals surface area (Å²) in [6.45, 7) is 0.569. The van der Waals surface area contributed by atoms with Gasteiger partial charge in [0.2, 0.25) is 0 Å². The minimum Gasteiger partial charge on any atom is -0.374 e. The highest BCUT2D eigenvalue weighted by Gasteiger charge is 2.15. The summed E-state index contributed by atoms with van der Waals surface area (Å²) in [4.78, 5) is 10.8. The van der Waals surface area contributed by atoms with Gasteiger partial charge in [0, 0.05) is 5.56 Å². The number of ether oxygens (including phenoxy) is 1. The van der Waals surface area contributed by atoms with Gasteiger partial charge < -0.3 is 4.74 Å². The lowest BCUT2D eigenvalue weighted by Crippen LogP contribution is -2.08. The van der Waals surface area contributed by atoms with E-state index < -0.39 is 0 Å². The van der Waals surface area contributed by atoms with Crippen molar-refractivity contribution in [2.45, 2.75) is 38.4 Å². The normalized spacial score (nSPS) is 16.8. The van der Waals surface area contributed by atoms with E-state index in [1.54, 1.807) is 0 Å². The number of carbonyl (C=O) groups excluding carboxylic acids is 1. The van der Waals surface area contributed by atoms with Gasteiger partial charge in [-0.05, 0) is 18.4 Å². The molecule has 0 atom stereocenters. The van der Waals surface area contributed by atoms with E-state index >= 15 is 0 Å². The number of aldehydes is 1. The Morgan fingerprint density at radius 1 is 1.27 bits per heavy atom. The molecule has 0 unspecified atom stereocenters. The standard InChI is InChI=1S/C13H16O2/c14-9-11-5-1-2-6-12(11)10-15-13-7-3-4-8-13/h1-2,5-6,9,13H,3-4,7-8,10H2. The van der Waals surface area contributed by atoms with E-state index in [1.807, 2.05) is 24.3 Å². The van der Waals surface area contributed by atoms with Gasteiger partial charge >= 0.3 is 0 Å². The number of rotatable bonds is 4. The molecule has 0 spiro atoms. The summed E-state index contributed by atoms with van der Waals surface area (Å²) in [5.41, 5.74) is 1.75. The fourth-order valence-electron chi connectivity index (χ4n) is 2.04. The first-order chi connectivity index (χ1) is 7.40. The lowest BCUT2D eigenvalue weighted by atomic mass is 10.1. The van der Waals surface area contributed by atoms with Crippen molar-refractivity contribution in [2.75, 3.05) is 0 Å². The molecular formula is C13H16O2. The maximum Gasteiger partial charge on any atom is 0.150 e. The van der Waals surface area contributed by atoms with Gasteiger partial charge in [-0.15, -0.1) is 0 Å². The highest BCUT2D eigenvalue weighted by Crippen LogP contribution is 2.22. The van der Waals surface area contributed by atoms with Crippen LogP contribution in [0.3, 0.4) is 0 Å². The van der Waals surface area contributed by atoms with Crippen molar-refractivity contribution in [3.05, 3.63) is 35.4 Å². The minimum absolute atomic E-state index is 0.407. The number of hydrogen-bond donors (Lipinski definition) is 0. The molecule has 2 nitrogen and oxygen atoms in total. The largest absolute Gasteiger partial charge is 0.374 e. The number of carbonyl (C=O) groups is 1. The Hall–Kier alpha value is -1.15. The Kier molecular flexibility index (Phi) is 3.51. The molecular weight excluding hydrogens is 188 g/mol. The van der Waals surface area contributed by atoms with Crippen LogP contribution in [0.5, 0.6) is 0 Å². The summed E-state index contributed by atoms with van der Waals surface area (Å²) in [6, 6.07) is 7.61. The van der Waals surface area contributed by atoms with Crippen molar-refractivity contribution >= 4 is 6.29 Å². The Bertz CT molecular complexity index is 327. The minimum atomic E-state index is 0.407. The first-order valence-electron chi connectivity index (χ1n) is 5.55. The predicted molar refractivity (Wildman–Crippen MR) is 58.9 cm³/mol. The molecule has 1 aliphatic carbocycles. The second-order valence-corrected chi connectivity index (χ2v) is 4.03. The SMILES string of the molecule is O=Cc1ccccc1COC1CCCC1. The van der Waals surface area contributed by atoms with E-state index in [2.05, 4.69) is 0 Å². The van der Waals surface area contributed by atoms with Crippen LogP contribution in [-0.4, -0.2) is 12.4 Å². The molecule has 1 aliphatic rings. The third-order valence-electron chi connectivity index (χ3n) is 2.96. The summed E-state index contributed by atoms with van der Waals surface area (Å²) in [7, 11) is 0. The number of benzene rings is 1. The average molecular weight is 204 g/mol. The zero-order valence-corrected chi connectivity index (χ0v) is 8.82. The molecule has 80 valence electrons. The second kappa shape index (κ2) is 5.08. The van der Waals surface area contributed by atoms with E-state index in [0.717, 1.165) is 17.4 Å². The zero-order chi connectivity index (χ0) is 10.5. The third-order valence-corrected chi connectivity index (χ3v) is 2.96. The summed E-state index contributed by atoms with van der Waals surface area (Å²) in [5.74, 6) is 0. The maximum atomic E-state index is 10.8. The predicted octanol–water partition coefficient (Wildman–Crippen LogP) is 2.96. The summed E-state index contributed by atoms with van der Waals surface area (Å²) in [6.07, 6.45) is 6.20. The summed E-state index contributed by atoms with van der Waals surface area (Å²) >= 11 is 0. The van der Waals surface area contributed by atoms with Crippen molar-refractivity contribution in [2.24, 2.45) is 0 Å². The molecule has 0 saturated heterocycles. The van der Waals surface area contributed by atoms with Crippen LogP contribution in [0.1, 0.15) is 41.6 Å². The quantitative estimate of drug-likeness (QED) is 0.705. The van der Waals surface area contributed by atoms with Gasteiger partial charge in [-0.3, -0.25) is 4.79 Å². The Balaban J connectivity index is 1.94. The third kappa shape index (κ3) is 2.66. The van der Waals surface area contributed by atoms with Crippen LogP contribution in [0.15, 0.2) is 24.3 Å². The van der Waals surface area contributed by atoms with Gasteiger partial charge in [-0.25, -0.2) is 0 Å². The topological polar surface area (TPSA) is 26.3 Å². The van der Waals surface area contributed by atoms with Crippen LogP contribution >= 0.6 is 0 Å². The van der Waals surface area contributed by atoms with Crippen LogP contribution < -0.4 is 0 Å². The smallest absolute Gasteiger partial charge is 0.150 e. The molecule has 2 rings (SSSR count). The van der Waals surface area contributed by atoms with Crippen LogP contribution in [0, 0.1) is 0 Å². The van der Waals surface area contributed by atoms with Crippen LogP contribution in [-0.2, 0) is 11.3 Å². The van der Waals surface area contributed by atoms with E-state index in [4.69, 9.17) is 4.74 Å². The average Bonchev–Trinajstić information content (AvgIpc) is 2.79. The first kappa shape index (κ1) is 10.4.